The smallest absolute Gasteiger partial charge is 0.226 e. The Labute approximate surface area is 198 Å². The normalized spacial score (nSPS) is 11.0. The summed E-state index contributed by atoms with van der Waals surface area (Å²) in [6.07, 6.45) is 1.48. The highest BCUT2D eigenvalue weighted by Crippen LogP contribution is 2.25. The Bertz CT molecular complexity index is 1360. The van der Waals surface area contributed by atoms with Crippen molar-refractivity contribution in [1.29, 1.82) is 0 Å². The molecule has 0 radical (unpaired) electrons. The summed E-state index contributed by atoms with van der Waals surface area (Å²) < 4.78 is 11.8. The Morgan fingerprint density at radius 3 is 2.21 bits per heavy atom. The lowest BCUT2D eigenvalue weighted by Crippen LogP contribution is -2.02. The molecule has 0 spiro atoms. The third-order valence-corrected chi connectivity index (χ3v) is 5.65. The van der Waals surface area contributed by atoms with Crippen molar-refractivity contribution in [3.05, 3.63) is 102 Å². The van der Waals surface area contributed by atoms with Crippen LogP contribution in [0.3, 0.4) is 0 Å². The first-order valence-electron chi connectivity index (χ1n) is 11.5. The second-order valence-corrected chi connectivity index (χ2v) is 7.98. The van der Waals surface area contributed by atoms with E-state index in [4.69, 9.17) is 14.3 Å². The Hall–Kier alpha value is -4.19. The van der Waals surface area contributed by atoms with Crippen LogP contribution >= 0.6 is 0 Å². The molecule has 34 heavy (non-hydrogen) atoms. The Morgan fingerprint density at radius 2 is 1.50 bits per heavy atom. The van der Waals surface area contributed by atoms with E-state index >= 15 is 0 Å². The molecule has 2 aromatic heterocycles. The van der Waals surface area contributed by atoms with Gasteiger partial charge < -0.3 is 9.15 Å². The fraction of sp³-hybridized carbons (Fsp3) is 0.179. The number of para-hydroxylation sites is 1. The first-order valence-corrected chi connectivity index (χ1v) is 11.5. The molecule has 0 fully saturated rings. The van der Waals surface area contributed by atoms with E-state index in [1.807, 2.05) is 91.9 Å². The van der Waals surface area contributed by atoms with Crippen LogP contribution < -0.4 is 4.74 Å². The maximum Gasteiger partial charge on any atom is 0.226 e. The van der Waals surface area contributed by atoms with Crippen LogP contribution in [0.1, 0.15) is 24.1 Å². The van der Waals surface area contributed by atoms with Crippen molar-refractivity contribution >= 4 is 0 Å². The highest BCUT2D eigenvalue weighted by Gasteiger charge is 2.14. The fourth-order valence-electron chi connectivity index (χ4n) is 3.81. The minimum atomic E-state index is 0.519. The molecular weight excluding hydrogens is 424 g/mol. The van der Waals surface area contributed by atoms with Gasteiger partial charge in [-0.2, -0.15) is 9.90 Å². The lowest BCUT2D eigenvalue weighted by molar-refractivity contribution is 0.320. The van der Waals surface area contributed by atoms with E-state index < -0.39 is 0 Å². The van der Waals surface area contributed by atoms with Crippen molar-refractivity contribution in [2.24, 2.45) is 0 Å². The van der Waals surface area contributed by atoms with Crippen molar-refractivity contribution in [2.75, 3.05) is 6.61 Å². The van der Waals surface area contributed by atoms with E-state index in [1.54, 1.807) is 4.80 Å². The van der Waals surface area contributed by atoms with Crippen molar-refractivity contribution < 1.29 is 9.15 Å². The average molecular weight is 451 g/mol. The zero-order valence-electron chi connectivity index (χ0n) is 19.3. The summed E-state index contributed by atoms with van der Waals surface area (Å²) in [6.45, 7) is 4.55. The molecule has 0 atom stereocenters. The summed E-state index contributed by atoms with van der Waals surface area (Å²) in [4.78, 5) is 6.34. The number of aryl methyl sites for hydroxylation is 2. The number of benzene rings is 3. The molecule has 170 valence electrons. The molecule has 6 nitrogen and oxygen atoms in total. The molecule has 0 unspecified atom stereocenters. The van der Waals surface area contributed by atoms with Crippen LogP contribution in [0, 0.1) is 6.92 Å². The van der Waals surface area contributed by atoms with Gasteiger partial charge in [-0.3, -0.25) is 0 Å². The minimum absolute atomic E-state index is 0.519. The summed E-state index contributed by atoms with van der Waals surface area (Å²) in [5.74, 6) is 2.28. The minimum Gasteiger partial charge on any atom is -0.493 e. The summed E-state index contributed by atoms with van der Waals surface area (Å²) in [5, 5.41) is 9.41. The molecule has 0 N–H and O–H groups in total. The molecule has 0 aliphatic carbocycles. The average Bonchev–Trinajstić information content (AvgIpc) is 3.49. The van der Waals surface area contributed by atoms with Crippen molar-refractivity contribution in [3.8, 4) is 34.1 Å². The van der Waals surface area contributed by atoms with Crippen molar-refractivity contribution in [2.45, 2.75) is 26.7 Å². The lowest BCUT2D eigenvalue weighted by atomic mass is 10.1. The van der Waals surface area contributed by atoms with Crippen LogP contribution in [0.4, 0.5) is 0 Å². The van der Waals surface area contributed by atoms with E-state index in [0.29, 0.717) is 18.9 Å². The molecule has 0 bridgehead atoms. The van der Waals surface area contributed by atoms with Gasteiger partial charge in [-0.25, -0.2) is 4.98 Å². The maximum absolute atomic E-state index is 5.98. The van der Waals surface area contributed by atoms with Gasteiger partial charge in [-0.1, -0.05) is 43.3 Å². The molecule has 0 aliphatic rings. The van der Waals surface area contributed by atoms with E-state index in [-0.39, 0.29) is 0 Å². The lowest BCUT2D eigenvalue weighted by Gasteiger charge is -2.06. The standard InChI is InChI=1S/C28H26N4O2/c1-3-25-27(31-32(30-25)23-12-8-5-9-13-23)21-14-16-24(17-15-21)33-19-18-26-20(2)34-28(29-26)22-10-6-4-7-11-22/h4-17H,3,18-19H2,1-2H3. The van der Waals surface area contributed by atoms with Crippen LogP contribution in [0.2, 0.25) is 0 Å². The van der Waals surface area contributed by atoms with Crippen LogP contribution in [0.5, 0.6) is 5.75 Å². The Morgan fingerprint density at radius 1 is 0.794 bits per heavy atom. The number of rotatable bonds is 8. The number of ether oxygens (including phenoxy) is 1. The molecule has 0 saturated heterocycles. The van der Waals surface area contributed by atoms with Crippen molar-refractivity contribution in [1.82, 2.24) is 20.0 Å². The van der Waals surface area contributed by atoms with Crippen LogP contribution in [-0.2, 0) is 12.8 Å². The highest BCUT2D eigenvalue weighted by atomic mass is 16.5. The molecular formula is C28H26N4O2. The Balaban J connectivity index is 1.24. The quantitative estimate of drug-likeness (QED) is 0.287. The van der Waals surface area contributed by atoms with Crippen LogP contribution in [-0.4, -0.2) is 26.6 Å². The molecule has 2 heterocycles. The van der Waals surface area contributed by atoms with Gasteiger partial charge in [0.05, 0.1) is 23.7 Å². The molecule has 0 amide bonds. The molecule has 3 aromatic carbocycles. The second-order valence-electron chi connectivity index (χ2n) is 7.98. The van der Waals surface area contributed by atoms with Gasteiger partial charge in [0.2, 0.25) is 5.89 Å². The van der Waals surface area contributed by atoms with Gasteiger partial charge in [-0.05, 0) is 61.9 Å². The van der Waals surface area contributed by atoms with Crippen molar-refractivity contribution in [3.63, 3.8) is 0 Å². The predicted molar refractivity (Wildman–Crippen MR) is 132 cm³/mol. The molecule has 5 aromatic rings. The molecule has 5 rings (SSSR count). The molecule has 0 saturated carbocycles. The van der Waals surface area contributed by atoms with Crippen LogP contribution in [0.15, 0.2) is 89.3 Å². The van der Waals surface area contributed by atoms with Gasteiger partial charge in [0.15, 0.2) is 0 Å². The summed E-state index contributed by atoms with van der Waals surface area (Å²) in [7, 11) is 0. The number of nitrogens with zero attached hydrogens (tertiary/aromatic N) is 4. The topological polar surface area (TPSA) is 66.0 Å². The first kappa shape index (κ1) is 21.6. The van der Waals surface area contributed by atoms with Gasteiger partial charge in [0.25, 0.3) is 0 Å². The van der Waals surface area contributed by atoms with Gasteiger partial charge in [0.1, 0.15) is 17.2 Å². The molecule has 0 aliphatic heterocycles. The zero-order chi connectivity index (χ0) is 23.3. The van der Waals surface area contributed by atoms with Gasteiger partial charge in [0, 0.05) is 17.5 Å². The number of hydrogen-bond donors (Lipinski definition) is 0. The fourth-order valence-corrected chi connectivity index (χ4v) is 3.81. The summed E-state index contributed by atoms with van der Waals surface area (Å²) in [5.41, 5.74) is 5.72. The number of aromatic nitrogens is 4. The van der Waals surface area contributed by atoms with E-state index in [9.17, 15) is 0 Å². The van der Waals surface area contributed by atoms with E-state index in [1.165, 1.54) is 0 Å². The van der Waals surface area contributed by atoms with Gasteiger partial charge in [-0.15, -0.1) is 5.10 Å². The van der Waals surface area contributed by atoms with E-state index in [0.717, 1.165) is 51.8 Å². The largest absolute Gasteiger partial charge is 0.493 e. The second kappa shape index (κ2) is 9.75. The first-order chi connectivity index (χ1) is 16.7. The van der Waals surface area contributed by atoms with E-state index in [2.05, 4.69) is 17.0 Å². The zero-order valence-corrected chi connectivity index (χ0v) is 19.3. The molecule has 6 heteroatoms. The number of hydrogen-bond acceptors (Lipinski definition) is 5. The highest BCUT2D eigenvalue weighted by molar-refractivity contribution is 5.62. The monoisotopic (exact) mass is 450 g/mol. The Kier molecular flexibility index (Phi) is 6.21. The maximum atomic E-state index is 5.98. The summed E-state index contributed by atoms with van der Waals surface area (Å²) in [6, 6.07) is 27.9. The SMILES string of the molecule is CCc1nn(-c2ccccc2)nc1-c1ccc(OCCc2nc(-c3ccccc3)oc2C)cc1. The number of oxazole rings is 1. The van der Waals surface area contributed by atoms with Crippen LogP contribution in [0.25, 0.3) is 28.4 Å². The summed E-state index contributed by atoms with van der Waals surface area (Å²) >= 11 is 0. The third kappa shape index (κ3) is 4.62. The third-order valence-electron chi connectivity index (χ3n) is 5.65. The predicted octanol–water partition coefficient (Wildman–Crippen LogP) is 6.08. The van der Waals surface area contributed by atoms with Gasteiger partial charge >= 0.3 is 0 Å².